The van der Waals surface area contributed by atoms with Gasteiger partial charge in [-0.05, 0) is 51.4 Å². The zero-order valence-electron chi connectivity index (χ0n) is 45.6. The van der Waals surface area contributed by atoms with Crippen LogP contribution >= 0.6 is 0 Å². The summed E-state index contributed by atoms with van der Waals surface area (Å²) in [6, 6.07) is 0. The van der Waals surface area contributed by atoms with Crippen LogP contribution in [-0.4, -0.2) is 142 Å². The Morgan fingerprint density at radius 3 is 1.40 bits per heavy atom. The molecule has 0 amide bonds. The number of hydrogen-bond donors (Lipinski definition) is 7. The molecule has 426 valence electrons. The number of allylic oxidation sites excluding steroid dienone is 8. The molecular formula is C59H106O14. The molecule has 2 aliphatic rings. The molecule has 14 heteroatoms. The highest BCUT2D eigenvalue weighted by molar-refractivity contribution is 5.69. The Bertz CT molecular complexity index is 1390. The Kier molecular flexibility index (Phi) is 42.3. The Labute approximate surface area is 442 Å². The Morgan fingerprint density at radius 2 is 0.890 bits per heavy atom. The molecule has 2 saturated heterocycles. The lowest BCUT2D eigenvalue weighted by molar-refractivity contribution is -0.332. The fraction of sp³-hybridized carbons (Fsp3) is 0.847. The van der Waals surface area contributed by atoms with Crippen LogP contribution in [0.5, 0.6) is 0 Å². The van der Waals surface area contributed by atoms with Gasteiger partial charge >= 0.3 is 5.97 Å². The van der Waals surface area contributed by atoms with Crippen molar-refractivity contribution in [3.63, 3.8) is 0 Å². The fourth-order valence-corrected chi connectivity index (χ4v) is 9.16. The lowest BCUT2D eigenvalue weighted by Crippen LogP contribution is -2.61. The number of hydrogen-bond acceptors (Lipinski definition) is 14. The van der Waals surface area contributed by atoms with Gasteiger partial charge in [0.05, 0.1) is 26.4 Å². The second-order valence-corrected chi connectivity index (χ2v) is 20.4. The molecule has 0 saturated carbocycles. The molecule has 0 spiro atoms. The van der Waals surface area contributed by atoms with Gasteiger partial charge in [0.1, 0.15) is 54.9 Å². The Balaban J connectivity index is 1.68. The van der Waals surface area contributed by atoms with Crippen molar-refractivity contribution in [2.75, 3.05) is 33.0 Å². The third-order valence-corrected chi connectivity index (χ3v) is 13.9. The van der Waals surface area contributed by atoms with Crippen molar-refractivity contribution in [3.8, 4) is 0 Å². The van der Waals surface area contributed by atoms with Gasteiger partial charge in [-0.25, -0.2) is 0 Å². The zero-order chi connectivity index (χ0) is 53.0. The molecule has 0 radical (unpaired) electrons. The van der Waals surface area contributed by atoms with Crippen molar-refractivity contribution < 1.29 is 69.0 Å². The first-order chi connectivity index (χ1) is 35.6. The third-order valence-electron chi connectivity index (χ3n) is 13.9. The second kappa shape index (κ2) is 46.1. The first-order valence-corrected chi connectivity index (χ1v) is 29.2. The largest absolute Gasteiger partial charge is 0.457 e. The number of rotatable bonds is 47. The maximum Gasteiger partial charge on any atom is 0.306 e. The van der Waals surface area contributed by atoms with Gasteiger partial charge < -0.3 is 64.2 Å². The van der Waals surface area contributed by atoms with Gasteiger partial charge in [0.15, 0.2) is 12.6 Å². The maximum atomic E-state index is 13.1. The molecule has 7 N–H and O–H groups in total. The van der Waals surface area contributed by atoms with E-state index < -0.39 is 80.7 Å². The molecule has 2 aliphatic heterocycles. The highest BCUT2D eigenvalue weighted by Crippen LogP contribution is 2.27. The van der Waals surface area contributed by atoms with Crippen molar-refractivity contribution in [1.29, 1.82) is 0 Å². The van der Waals surface area contributed by atoms with Gasteiger partial charge in [-0.15, -0.1) is 0 Å². The van der Waals surface area contributed by atoms with Crippen molar-refractivity contribution in [2.24, 2.45) is 0 Å². The summed E-state index contributed by atoms with van der Waals surface area (Å²) in [4.78, 5) is 13.1. The van der Waals surface area contributed by atoms with Crippen LogP contribution in [0.1, 0.15) is 219 Å². The highest BCUT2D eigenvalue weighted by Gasteiger charge is 2.47. The Hall–Kier alpha value is -2.05. The van der Waals surface area contributed by atoms with E-state index in [1.54, 1.807) is 0 Å². The number of unbranched alkanes of at least 4 members (excludes halogenated alkanes) is 25. The quantitative estimate of drug-likeness (QED) is 0.0172. The van der Waals surface area contributed by atoms with E-state index in [1.807, 2.05) is 0 Å². The van der Waals surface area contributed by atoms with Crippen molar-refractivity contribution in [2.45, 2.75) is 287 Å². The van der Waals surface area contributed by atoms with Crippen LogP contribution in [0.3, 0.4) is 0 Å². The zero-order valence-corrected chi connectivity index (χ0v) is 45.6. The molecule has 0 aromatic heterocycles. The molecule has 11 unspecified atom stereocenters. The van der Waals surface area contributed by atoms with Crippen LogP contribution in [0.25, 0.3) is 0 Å². The molecular weight excluding hydrogens is 933 g/mol. The lowest BCUT2D eigenvalue weighted by Gasteiger charge is -2.42. The predicted octanol–water partition coefficient (Wildman–Crippen LogP) is 10.3. The number of aliphatic hydroxyl groups is 7. The smallest absolute Gasteiger partial charge is 0.306 e. The summed E-state index contributed by atoms with van der Waals surface area (Å²) < 4.78 is 34.4. The van der Waals surface area contributed by atoms with E-state index in [2.05, 4.69) is 62.5 Å². The summed E-state index contributed by atoms with van der Waals surface area (Å²) in [5.41, 5.74) is 0. The highest BCUT2D eigenvalue weighted by atomic mass is 16.7. The van der Waals surface area contributed by atoms with E-state index in [1.165, 1.54) is 122 Å². The molecule has 2 rings (SSSR count). The minimum Gasteiger partial charge on any atom is -0.457 e. The van der Waals surface area contributed by atoms with Gasteiger partial charge in [-0.2, -0.15) is 0 Å². The SMILES string of the molecule is CC/C=C\C/C=C\C/C=C\C/C=C\CCCCCCCCCCCCCCC(=O)OC(COCCCCCCCCCCCCCCCC)COC1OC(COC2OC(CO)C(O)C(O)C2O)C(O)C(O)C1O. The van der Waals surface area contributed by atoms with E-state index in [-0.39, 0.29) is 25.6 Å². The van der Waals surface area contributed by atoms with Gasteiger partial charge in [0, 0.05) is 13.0 Å². The average Bonchev–Trinajstić information content (AvgIpc) is 3.39. The summed E-state index contributed by atoms with van der Waals surface area (Å²) >= 11 is 0. The van der Waals surface area contributed by atoms with E-state index in [4.69, 9.17) is 28.4 Å². The molecule has 0 bridgehead atoms. The first-order valence-electron chi connectivity index (χ1n) is 29.2. The first kappa shape index (κ1) is 67.1. The molecule has 11 atom stereocenters. The summed E-state index contributed by atoms with van der Waals surface area (Å²) in [5, 5.41) is 72.3. The number of carbonyl (C=O) groups is 1. The molecule has 14 nitrogen and oxygen atoms in total. The van der Waals surface area contributed by atoms with E-state index in [0.717, 1.165) is 70.6 Å². The second-order valence-electron chi connectivity index (χ2n) is 20.4. The molecule has 2 fully saturated rings. The average molecular weight is 1040 g/mol. The van der Waals surface area contributed by atoms with Gasteiger partial charge in [0.2, 0.25) is 0 Å². The van der Waals surface area contributed by atoms with Crippen molar-refractivity contribution in [1.82, 2.24) is 0 Å². The third kappa shape index (κ3) is 33.0. The fourth-order valence-electron chi connectivity index (χ4n) is 9.16. The summed E-state index contributed by atoms with van der Waals surface area (Å²) in [7, 11) is 0. The van der Waals surface area contributed by atoms with Crippen LogP contribution in [-0.2, 0) is 33.2 Å². The topological polar surface area (TPSA) is 214 Å². The van der Waals surface area contributed by atoms with Crippen LogP contribution in [0.4, 0.5) is 0 Å². The van der Waals surface area contributed by atoms with Gasteiger partial charge in [-0.1, -0.05) is 210 Å². The number of esters is 1. The van der Waals surface area contributed by atoms with Crippen LogP contribution in [0.2, 0.25) is 0 Å². The van der Waals surface area contributed by atoms with E-state index in [0.29, 0.717) is 13.0 Å². The van der Waals surface area contributed by atoms with Crippen LogP contribution in [0, 0.1) is 0 Å². The minimum atomic E-state index is -1.71. The van der Waals surface area contributed by atoms with Crippen LogP contribution < -0.4 is 0 Å². The molecule has 0 aliphatic carbocycles. The molecule has 0 aromatic rings. The predicted molar refractivity (Wildman–Crippen MR) is 289 cm³/mol. The minimum absolute atomic E-state index is 0.0634. The lowest BCUT2D eigenvalue weighted by atomic mass is 9.98. The van der Waals surface area contributed by atoms with E-state index in [9.17, 15) is 40.5 Å². The van der Waals surface area contributed by atoms with Crippen molar-refractivity contribution >= 4 is 5.97 Å². The standard InChI is InChI=1S/C59H106O14/c1-3-5-7-9-11-13-15-17-19-20-21-22-23-24-25-26-27-28-29-30-32-34-36-38-40-42-51(61)71-48(45-68-43-41-39-37-35-33-31-18-16-14-12-10-8-6-4-2)46-69-58-57(67)55(65)53(63)50(73-58)47-70-59-56(66)54(64)52(62)49(44-60)72-59/h5,7,11,13,17,19,21-22,48-50,52-60,62-67H,3-4,6,8-10,12,14-16,18,20,23-47H2,1-2H3/b7-5-,13-11-,19-17-,22-21-. The summed E-state index contributed by atoms with van der Waals surface area (Å²) in [5.74, 6) is -0.376. The van der Waals surface area contributed by atoms with Gasteiger partial charge in [-0.3, -0.25) is 4.79 Å². The monoisotopic (exact) mass is 1040 g/mol. The van der Waals surface area contributed by atoms with Crippen LogP contribution in [0.15, 0.2) is 48.6 Å². The molecule has 0 aromatic carbocycles. The summed E-state index contributed by atoms with van der Waals surface area (Å²) in [6.45, 7) is 3.60. The molecule has 73 heavy (non-hydrogen) atoms. The Morgan fingerprint density at radius 1 is 0.466 bits per heavy atom. The number of carbonyl (C=O) groups excluding carboxylic acids is 1. The number of ether oxygens (including phenoxy) is 6. The summed E-state index contributed by atoms with van der Waals surface area (Å²) in [6.07, 6.45) is 38.8. The van der Waals surface area contributed by atoms with Gasteiger partial charge in [0.25, 0.3) is 0 Å². The normalized spacial score (nSPS) is 25.3. The van der Waals surface area contributed by atoms with E-state index >= 15 is 0 Å². The number of aliphatic hydroxyl groups excluding tert-OH is 7. The molecule has 2 heterocycles. The van der Waals surface area contributed by atoms with Crippen molar-refractivity contribution in [3.05, 3.63) is 48.6 Å². The maximum absolute atomic E-state index is 13.1.